The largest absolute Gasteiger partial charge is 0.424 e. The Morgan fingerprint density at radius 3 is 2.83 bits per heavy atom. The van der Waals surface area contributed by atoms with Crippen LogP contribution < -0.4 is 0 Å². The fraction of sp³-hybridized carbons (Fsp3) is 0.529. The summed E-state index contributed by atoms with van der Waals surface area (Å²) in [6.45, 7) is 6.07. The summed E-state index contributed by atoms with van der Waals surface area (Å²) in [6, 6.07) is 8.47. The first-order chi connectivity index (χ1) is 11.2. The van der Waals surface area contributed by atoms with E-state index in [2.05, 4.69) is 41.1 Å². The third-order valence-corrected chi connectivity index (χ3v) is 4.29. The van der Waals surface area contributed by atoms with Gasteiger partial charge in [-0.25, -0.2) is 0 Å². The number of aliphatic hydroxyl groups excluding tert-OH is 1. The summed E-state index contributed by atoms with van der Waals surface area (Å²) >= 11 is 0. The zero-order valence-electron chi connectivity index (χ0n) is 13.6. The molecule has 1 aliphatic heterocycles. The summed E-state index contributed by atoms with van der Waals surface area (Å²) in [7, 11) is 0. The monoisotopic (exact) mass is 317 g/mol. The highest BCUT2D eigenvalue weighted by Crippen LogP contribution is 2.17. The minimum absolute atomic E-state index is 0.0333. The van der Waals surface area contributed by atoms with Gasteiger partial charge in [0.05, 0.1) is 32.3 Å². The molecular formula is C17H23N3O3. The Balaban J connectivity index is 1.64. The fourth-order valence-corrected chi connectivity index (χ4v) is 2.77. The van der Waals surface area contributed by atoms with E-state index in [0.29, 0.717) is 37.9 Å². The van der Waals surface area contributed by atoms with Gasteiger partial charge in [0.15, 0.2) is 0 Å². The quantitative estimate of drug-likeness (QED) is 0.902. The number of hydrogen-bond acceptors (Lipinski definition) is 6. The van der Waals surface area contributed by atoms with E-state index in [1.54, 1.807) is 0 Å². The smallest absolute Gasteiger partial charge is 0.230 e. The average Bonchev–Trinajstić information content (AvgIpc) is 2.99. The summed E-state index contributed by atoms with van der Waals surface area (Å²) < 4.78 is 11.3. The maximum absolute atomic E-state index is 9.25. The van der Waals surface area contributed by atoms with Crippen LogP contribution in [0.15, 0.2) is 28.7 Å². The zero-order chi connectivity index (χ0) is 16.2. The van der Waals surface area contributed by atoms with Crippen molar-refractivity contribution in [3.63, 3.8) is 0 Å². The predicted octanol–water partition coefficient (Wildman–Crippen LogP) is 1.55. The summed E-state index contributed by atoms with van der Waals surface area (Å²) in [4.78, 5) is 2.20. The molecule has 6 nitrogen and oxygen atoms in total. The summed E-state index contributed by atoms with van der Waals surface area (Å²) in [5, 5.41) is 17.6. The number of nitrogens with zero attached hydrogens (tertiary/aromatic N) is 3. The summed E-state index contributed by atoms with van der Waals surface area (Å²) in [6.07, 6.45) is 0.512. The van der Waals surface area contributed by atoms with Crippen molar-refractivity contribution < 1.29 is 14.3 Å². The molecule has 23 heavy (non-hydrogen) atoms. The number of aromatic nitrogens is 2. The third-order valence-electron chi connectivity index (χ3n) is 4.29. The van der Waals surface area contributed by atoms with E-state index in [1.807, 2.05) is 12.1 Å². The van der Waals surface area contributed by atoms with E-state index >= 15 is 0 Å². The number of ether oxygens (including phenoxy) is 1. The van der Waals surface area contributed by atoms with Gasteiger partial charge in [0.2, 0.25) is 11.8 Å². The van der Waals surface area contributed by atoms with Gasteiger partial charge in [0.1, 0.15) is 0 Å². The molecule has 2 heterocycles. The molecule has 0 radical (unpaired) electrons. The van der Waals surface area contributed by atoms with E-state index < -0.39 is 0 Å². The van der Waals surface area contributed by atoms with Crippen molar-refractivity contribution in [3.05, 3.63) is 47.2 Å². The van der Waals surface area contributed by atoms with Crippen molar-refractivity contribution in [2.45, 2.75) is 39.0 Å². The number of benzene rings is 1. The molecule has 124 valence electrons. The van der Waals surface area contributed by atoms with Crippen LogP contribution in [0.5, 0.6) is 0 Å². The molecule has 0 saturated carbocycles. The van der Waals surface area contributed by atoms with Crippen LogP contribution in [0.3, 0.4) is 0 Å². The Morgan fingerprint density at radius 1 is 1.26 bits per heavy atom. The third kappa shape index (κ3) is 3.96. The van der Waals surface area contributed by atoms with Crippen molar-refractivity contribution in [2.75, 3.05) is 19.8 Å². The molecule has 1 aromatic heterocycles. The molecule has 1 aromatic carbocycles. The lowest BCUT2D eigenvalue weighted by Crippen LogP contribution is -2.48. The zero-order valence-corrected chi connectivity index (χ0v) is 13.6. The second-order valence-electron chi connectivity index (χ2n) is 6.11. The van der Waals surface area contributed by atoms with Crippen LogP contribution in [0.1, 0.15) is 29.8 Å². The lowest BCUT2D eigenvalue weighted by molar-refractivity contribution is -0.0824. The molecule has 1 aliphatic rings. The average molecular weight is 317 g/mol. The lowest BCUT2D eigenvalue weighted by Gasteiger charge is -2.36. The van der Waals surface area contributed by atoms with Gasteiger partial charge in [-0.1, -0.05) is 24.3 Å². The van der Waals surface area contributed by atoms with Crippen LogP contribution in [-0.2, 0) is 17.7 Å². The minimum atomic E-state index is -0.138. The van der Waals surface area contributed by atoms with Gasteiger partial charge in [0, 0.05) is 12.6 Å². The molecule has 6 heteroatoms. The van der Waals surface area contributed by atoms with E-state index in [-0.39, 0.29) is 18.8 Å². The van der Waals surface area contributed by atoms with Crippen LogP contribution in [0.2, 0.25) is 0 Å². The van der Waals surface area contributed by atoms with Gasteiger partial charge in [-0.2, -0.15) is 0 Å². The van der Waals surface area contributed by atoms with Crippen LogP contribution in [0.4, 0.5) is 0 Å². The number of aryl methyl sites for hydroxylation is 1. The first kappa shape index (κ1) is 16.1. The topological polar surface area (TPSA) is 71.6 Å². The van der Waals surface area contributed by atoms with Crippen LogP contribution in [-0.4, -0.2) is 52.1 Å². The van der Waals surface area contributed by atoms with Gasteiger partial charge in [0.25, 0.3) is 0 Å². The maximum Gasteiger partial charge on any atom is 0.230 e. The molecule has 1 fully saturated rings. The fourth-order valence-electron chi connectivity index (χ4n) is 2.77. The van der Waals surface area contributed by atoms with Gasteiger partial charge in [-0.15, -0.1) is 10.2 Å². The Bertz CT molecular complexity index is 644. The standard InChI is InChI=1S/C17H23N3O3/c1-12-5-3-4-6-14(12)7-16-18-19-17(23-16)9-20-8-15(10-21)22-11-13(20)2/h3-6,13,15,21H,7-11H2,1-2H3/t13-,15+/m1/s1. The van der Waals surface area contributed by atoms with Gasteiger partial charge in [-0.3, -0.25) is 4.90 Å². The van der Waals surface area contributed by atoms with Gasteiger partial charge in [-0.05, 0) is 25.0 Å². The SMILES string of the molecule is Cc1ccccc1Cc1nnc(CN2C[C@@H](CO)OC[C@H]2C)o1. The first-order valence-electron chi connectivity index (χ1n) is 7.98. The van der Waals surface area contributed by atoms with E-state index in [4.69, 9.17) is 9.15 Å². The van der Waals surface area contributed by atoms with Crippen molar-refractivity contribution in [2.24, 2.45) is 0 Å². The lowest BCUT2D eigenvalue weighted by atomic mass is 10.1. The Labute approximate surface area is 136 Å². The molecule has 1 saturated heterocycles. The highest BCUT2D eigenvalue weighted by atomic mass is 16.5. The predicted molar refractivity (Wildman–Crippen MR) is 85.0 cm³/mol. The molecule has 0 unspecified atom stereocenters. The molecule has 1 N–H and O–H groups in total. The molecule has 2 atom stereocenters. The molecule has 0 spiro atoms. The van der Waals surface area contributed by atoms with Gasteiger partial charge < -0.3 is 14.3 Å². The Kier molecular flexibility index (Phi) is 5.05. The Morgan fingerprint density at radius 2 is 2.04 bits per heavy atom. The minimum Gasteiger partial charge on any atom is -0.424 e. The number of morpholine rings is 1. The highest BCUT2D eigenvalue weighted by molar-refractivity contribution is 5.27. The Hall–Kier alpha value is -1.76. The second-order valence-corrected chi connectivity index (χ2v) is 6.11. The second kappa shape index (κ2) is 7.21. The van der Waals surface area contributed by atoms with Crippen LogP contribution in [0.25, 0.3) is 0 Å². The maximum atomic E-state index is 9.25. The molecule has 3 rings (SSSR count). The van der Waals surface area contributed by atoms with Crippen molar-refractivity contribution in [1.29, 1.82) is 0 Å². The van der Waals surface area contributed by atoms with E-state index in [0.717, 1.165) is 0 Å². The van der Waals surface area contributed by atoms with Crippen LogP contribution >= 0.6 is 0 Å². The van der Waals surface area contributed by atoms with Crippen molar-refractivity contribution in [1.82, 2.24) is 15.1 Å². The molecular weight excluding hydrogens is 294 g/mol. The van der Waals surface area contributed by atoms with Crippen molar-refractivity contribution >= 4 is 0 Å². The summed E-state index contributed by atoms with van der Waals surface area (Å²) in [5.41, 5.74) is 2.42. The number of rotatable bonds is 5. The number of aliphatic hydroxyl groups is 1. The van der Waals surface area contributed by atoms with Gasteiger partial charge >= 0.3 is 0 Å². The van der Waals surface area contributed by atoms with Crippen LogP contribution in [0, 0.1) is 6.92 Å². The van der Waals surface area contributed by atoms with E-state index in [9.17, 15) is 5.11 Å². The highest BCUT2D eigenvalue weighted by Gasteiger charge is 2.27. The molecule has 2 aromatic rings. The first-order valence-corrected chi connectivity index (χ1v) is 7.98. The summed E-state index contributed by atoms with van der Waals surface area (Å²) in [5.74, 6) is 1.24. The molecule has 0 bridgehead atoms. The number of hydrogen-bond donors (Lipinski definition) is 1. The molecule has 0 aliphatic carbocycles. The van der Waals surface area contributed by atoms with E-state index in [1.165, 1.54) is 11.1 Å². The molecule has 0 amide bonds. The normalized spacial score (nSPS) is 22.4. The van der Waals surface area contributed by atoms with Crippen molar-refractivity contribution in [3.8, 4) is 0 Å².